The van der Waals surface area contributed by atoms with Crippen LogP contribution in [0.25, 0.3) is 0 Å². The predicted molar refractivity (Wildman–Crippen MR) is 95.8 cm³/mol. The van der Waals surface area contributed by atoms with Crippen LogP contribution in [0.4, 0.5) is 0 Å². The normalized spacial score (nSPS) is 27.2. The second-order valence-electron chi connectivity index (χ2n) is 7.41. The number of nitrogens with zero attached hydrogens (tertiary/aromatic N) is 6. The van der Waals surface area contributed by atoms with Crippen LogP contribution in [0.3, 0.4) is 0 Å². The maximum absolute atomic E-state index is 6.10. The number of rotatable bonds is 4. The third kappa shape index (κ3) is 3.13. The van der Waals surface area contributed by atoms with Gasteiger partial charge in [-0.3, -0.25) is 5.01 Å². The minimum absolute atomic E-state index is 0.0142. The molecule has 2 aromatic heterocycles. The van der Waals surface area contributed by atoms with Gasteiger partial charge in [-0.05, 0) is 25.7 Å². The Morgan fingerprint density at radius 1 is 1.27 bits per heavy atom. The Morgan fingerprint density at radius 3 is 2.73 bits per heavy atom. The standard InChI is InChI=1S/C18H26N6O2/c1-11-18(24(4)22-21-11)16-7-13(5-6-25-16)17(14-8-19-23(3)9-14)15-10-26-12(2)20-15/h8,10,13-14,16-17H,5-7,9H2,1-4H3. The Hall–Kier alpha value is -2.22. The van der Waals surface area contributed by atoms with Gasteiger partial charge in [-0.2, -0.15) is 5.10 Å². The lowest BCUT2D eigenvalue weighted by Gasteiger charge is -2.36. The molecule has 4 unspecified atom stereocenters. The van der Waals surface area contributed by atoms with Crippen LogP contribution in [-0.4, -0.2) is 51.4 Å². The maximum atomic E-state index is 6.10. The van der Waals surface area contributed by atoms with Crippen LogP contribution < -0.4 is 0 Å². The molecule has 0 bridgehead atoms. The van der Waals surface area contributed by atoms with Gasteiger partial charge in [-0.1, -0.05) is 5.21 Å². The fraction of sp³-hybridized carbons (Fsp3) is 0.667. The van der Waals surface area contributed by atoms with Crippen LogP contribution in [0, 0.1) is 25.7 Å². The molecule has 2 aliphatic heterocycles. The monoisotopic (exact) mass is 358 g/mol. The van der Waals surface area contributed by atoms with Gasteiger partial charge in [0, 0.05) is 52.2 Å². The molecule has 0 saturated carbocycles. The summed E-state index contributed by atoms with van der Waals surface area (Å²) in [5, 5.41) is 14.8. The van der Waals surface area contributed by atoms with Crippen molar-refractivity contribution < 1.29 is 9.15 Å². The van der Waals surface area contributed by atoms with Gasteiger partial charge in [0.05, 0.1) is 17.1 Å². The SMILES string of the molecule is Cc1nc(C(C2C=NN(C)C2)C2CCOC(c3c(C)nnn3C)C2)co1. The van der Waals surface area contributed by atoms with Gasteiger partial charge >= 0.3 is 0 Å². The molecule has 26 heavy (non-hydrogen) atoms. The summed E-state index contributed by atoms with van der Waals surface area (Å²) in [6, 6.07) is 0. The molecule has 1 fully saturated rings. The van der Waals surface area contributed by atoms with Crippen LogP contribution in [-0.2, 0) is 11.8 Å². The van der Waals surface area contributed by atoms with Crippen molar-refractivity contribution in [2.75, 3.05) is 20.2 Å². The first kappa shape index (κ1) is 17.2. The zero-order valence-electron chi connectivity index (χ0n) is 15.8. The van der Waals surface area contributed by atoms with Gasteiger partial charge in [-0.15, -0.1) is 5.10 Å². The second kappa shape index (κ2) is 6.83. The molecule has 2 aromatic rings. The first-order valence-electron chi connectivity index (χ1n) is 9.18. The highest BCUT2D eigenvalue weighted by Crippen LogP contribution is 2.43. The summed E-state index contributed by atoms with van der Waals surface area (Å²) >= 11 is 0. The molecule has 140 valence electrons. The lowest BCUT2D eigenvalue weighted by molar-refractivity contribution is -0.0238. The molecule has 0 spiro atoms. The highest BCUT2D eigenvalue weighted by Gasteiger charge is 2.39. The summed E-state index contributed by atoms with van der Waals surface area (Å²) < 4.78 is 13.5. The molecule has 0 amide bonds. The summed E-state index contributed by atoms with van der Waals surface area (Å²) in [4.78, 5) is 4.66. The van der Waals surface area contributed by atoms with E-state index in [0.29, 0.717) is 17.7 Å². The summed E-state index contributed by atoms with van der Waals surface area (Å²) in [6.07, 6.45) is 5.82. The van der Waals surface area contributed by atoms with Crippen LogP contribution in [0.5, 0.6) is 0 Å². The molecule has 2 aliphatic rings. The molecule has 4 atom stereocenters. The lowest BCUT2D eigenvalue weighted by atomic mass is 9.74. The van der Waals surface area contributed by atoms with Gasteiger partial charge in [0.25, 0.3) is 0 Å². The zero-order valence-corrected chi connectivity index (χ0v) is 15.8. The van der Waals surface area contributed by atoms with E-state index in [0.717, 1.165) is 43.1 Å². The molecule has 0 aliphatic carbocycles. The number of hydrazone groups is 1. The van der Waals surface area contributed by atoms with Gasteiger partial charge < -0.3 is 9.15 Å². The fourth-order valence-corrected chi connectivity index (χ4v) is 4.40. The third-order valence-corrected chi connectivity index (χ3v) is 5.56. The first-order valence-corrected chi connectivity index (χ1v) is 9.18. The lowest BCUT2D eigenvalue weighted by Crippen LogP contribution is -2.32. The number of hydrogen-bond donors (Lipinski definition) is 0. The van der Waals surface area contributed by atoms with Crippen molar-refractivity contribution >= 4 is 6.21 Å². The molecule has 1 saturated heterocycles. The minimum atomic E-state index is 0.0142. The Morgan fingerprint density at radius 2 is 2.12 bits per heavy atom. The maximum Gasteiger partial charge on any atom is 0.191 e. The highest BCUT2D eigenvalue weighted by atomic mass is 16.5. The van der Waals surface area contributed by atoms with Crippen LogP contribution >= 0.6 is 0 Å². The molecule has 0 aromatic carbocycles. The summed E-state index contributed by atoms with van der Waals surface area (Å²) in [7, 11) is 3.94. The number of hydrogen-bond acceptors (Lipinski definition) is 7. The van der Waals surface area contributed by atoms with Gasteiger partial charge in [0.1, 0.15) is 12.4 Å². The molecule has 0 radical (unpaired) electrons. The van der Waals surface area contributed by atoms with E-state index in [1.165, 1.54) is 0 Å². The Kier molecular flexibility index (Phi) is 4.52. The summed E-state index contributed by atoms with van der Waals surface area (Å²) in [6.45, 7) is 5.52. The van der Waals surface area contributed by atoms with Crippen molar-refractivity contribution in [3.05, 3.63) is 29.2 Å². The number of ether oxygens (including phenoxy) is 1. The van der Waals surface area contributed by atoms with Crippen LogP contribution in [0.2, 0.25) is 0 Å². The molecule has 4 rings (SSSR count). The average molecular weight is 358 g/mol. The van der Waals surface area contributed by atoms with E-state index in [4.69, 9.17) is 9.15 Å². The topological polar surface area (TPSA) is 81.6 Å². The third-order valence-electron chi connectivity index (χ3n) is 5.56. The molecule has 8 nitrogen and oxygen atoms in total. The van der Waals surface area contributed by atoms with E-state index in [-0.39, 0.29) is 12.0 Å². The number of aryl methyl sites for hydroxylation is 3. The Bertz CT molecular complexity index is 778. The zero-order chi connectivity index (χ0) is 18.3. The molecule has 8 heteroatoms. The molecule has 4 heterocycles. The Labute approximate surface area is 153 Å². The summed E-state index contributed by atoms with van der Waals surface area (Å²) in [5.74, 6) is 1.76. The van der Waals surface area contributed by atoms with Crippen LogP contribution in [0.1, 0.15) is 47.8 Å². The van der Waals surface area contributed by atoms with E-state index in [1.807, 2.05) is 43.9 Å². The largest absolute Gasteiger partial charge is 0.449 e. The molecule has 0 N–H and O–H groups in total. The molecular formula is C18H26N6O2. The quantitative estimate of drug-likeness (QED) is 0.833. The Balaban J connectivity index is 1.62. The second-order valence-corrected chi connectivity index (χ2v) is 7.41. The molecular weight excluding hydrogens is 332 g/mol. The van der Waals surface area contributed by atoms with Crippen LogP contribution in [0.15, 0.2) is 15.8 Å². The van der Waals surface area contributed by atoms with Crippen molar-refractivity contribution in [3.63, 3.8) is 0 Å². The van der Waals surface area contributed by atoms with E-state index in [1.54, 1.807) is 0 Å². The van der Waals surface area contributed by atoms with E-state index in [9.17, 15) is 0 Å². The van der Waals surface area contributed by atoms with Gasteiger partial charge in [-0.25, -0.2) is 9.67 Å². The van der Waals surface area contributed by atoms with Crippen molar-refractivity contribution in [1.82, 2.24) is 25.0 Å². The van der Waals surface area contributed by atoms with Crippen molar-refractivity contribution in [3.8, 4) is 0 Å². The summed E-state index contributed by atoms with van der Waals surface area (Å²) in [5.41, 5.74) is 3.04. The van der Waals surface area contributed by atoms with Crippen molar-refractivity contribution in [1.29, 1.82) is 0 Å². The van der Waals surface area contributed by atoms with E-state index in [2.05, 4.69) is 26.6 Å². The minimum Gasteiger partial charge on any atom is -0.449 e. The average Bonchev–Trinajstić information content (AvgIpc) is 3.31. The smallest absolute Gasteiger partial charge is 0.191 e. The fourth-order valence-electron chi connectivity index (χ4n) is 4.40. The number of oxazole rings is 1. The predicted octanol–water partition coefficient (Wildman–Crippen LogP) is 2.22. The number of aromatic nitrogens is 4. The van der Waals surface area contributed by atoms with Crippen molar-refractivity contribution in [2.24, 2.45) is 24.0 Å². The highest BCUT2D eigenvalue weighted by molar-refractivity contribution is 5.64. The van der Waals surface area contributed by atoms with Gasteiger partial charge in [0.2, 0.25) is 0 Å². The first-order chi connectivity index (χ1) is 12.5. The van der Waals surface area contributed by atoms with Gasteiger partial charge in [0.15, 0.2) is 5.89 Å². The van der Waals surface area contributed by atoms with Crippen molar-refractivity contribution in [2.45, 2.75) is 38.7 Å². The van der Waals surface area contributed by atoms with E-state index >= 15 is 0 Å². The van der Waals surface area contributed by atoms with E-state index < -0.39 is 0 Å².